The predicted octanol–water partition coefficient (Wildman–Crippen LogP) is 5.81. The van der Waals surface area contributed by atoms with Crippen molar-refractivity contribution in [2.75, 3.05) is 38.6 Å². The first kappa shape index (κ1) is 28.8. The number of esters is 1. The fourth-order valence-electron chi connectivity index (χ4n) is 6.19. The fourth-order valence-corrected chi connectivity index (χ4v) is 6.36. The molecule has 8 heteroatoms. The maximum Gasteiger partial charge on any atom is 0.340 e. The van der Waals surface area contributed by atoms with Crippen LogP contribution in [-0.4, -0.2) is 60.9 Å². The molecule has 0 aromatic heterocycles. The molecule has 1 heterocycles. The van der Waals surface area contributed by atoms with Gasteiger partial charge in [-0.05, 0) is 42.2 Å². The normalized spacial score (nSPS) is 19.5. The van der Waals surface area contributed by atoms with Crippen LogP contribution >= 0.6 is 11.6 Å². The number of ether oxygens (including phenoxy) is 1. The summed E-state index contributed by atoms with van der Waals surface area (Å²) in [7, 11) is 1.28. The summed E-state index contributed by atoms with van der Waals surface area (Å²) in [5, 5.41) is 3.26. The van der Waals surface area contributed by atoms with Gasteiger partial charge in [0.25, 0.3) is 0 Å². The minimum absolute atomic E-state index is 0.0461. The number of methoxy groups -OCH3 is 1. The Kier molecular flexibility index (Phi) is 9.37. The van der Waals surface area contributed by atoms with Gasteiger partial charge in [-0.1, -0.05) is 85.1 Å². The van der Waals surface area contributed by atoms with E-state index in [0.29, 0.717) is 36.6 Å². The Bertz CT molecular complexity index is 1320. The van der Waals surface area contributed by atoms with Gasteiger partial charge in [0, 0.05) is 43.0 Å². The van der Waals surface area contributed by atoms with E-state index in [9.17, 15) is 14.4 Å². The van der Waals surface area contributed by atoms with Crippen LogP contribution in [0.2, 0.25) is 5.02 Å². The van der Waals surface area contributed by atoms with Gasteiger partial charge in [-0.3, -0.25) is 14.5 Å². The van der Waals surface area contributed by atoms with E-state index >= 15 is 0 Å². The van der Waals surface area contributed by atoms with Crippen LogP contribution in [0.3, 0.4) is 0 Å². The average Bonchev–Trinajstić information content (AvgIpc) is 3.02. The highest BCUT2D eigenvalue weighted by Gasteiger charge is 2.39. The standard InChI is InChI=1S/C33H36ClN3O4/c1-41-33(40)28-22-25(34)16-17-29(28)35-31(38)26-14-8-9-15-27(26)32(39)37-20-18-36(19-21-37)30(23-10-4-2-5-11-23)24-12-6-3-7-13-24/h2-7,10-13,16-17,22,26-27,30H,8-9,14-15,18-21H2,1H3,(H,35,38)/t26-,27-/m0/s1. The van der Waals surface area contributed by atoms with Crippen LogP contribution in [0.15, 0.2) is 78.9 Å². The Morgan fingerprint density at radius 2 is 1.41 bits per heavy atom. The van der Waals surface area contributed by atoms with E-state index in [0.717, 1.165) is 25.9 Å². The minimum atomic E-state index is -0.582. The first-order valence-electron chi connectivity index (χ1n) is 14.3. The Hall–Kier alpha value is -3.68. The van der Waals surface area contributed by atoms with Gasteiger partial charge in [-0.2, -0.15) is 0 Å². The Labute approximate surface area is 246 Å². The average molecular weight is 574 g/mol. The molecule has 5 rings (SSSR count). The smallest absolute Gasteiger partial charge is 0.340 e. The van der Waals surface area contributed by atoms with Crippen LogP contribution in [0, 0.1) is 11.8 Å². The van der Waals surface area contributed by atoms with Crippen molar-refractivity contribution in [1.82, 2.24) is 9.80 Å². The van der Waals surface area contributed by atoms with E-state index < -0.39 is 11.9 Å². The molecule has 3 aromatic carbocycles. The molecular formula is C33H36ClN3O4. The number of benzene rings is 3. The third kappa shape index (κ3) is 6.63. The molecule has 2 fully saturated rings. The molecule has 41 heavy (non-hydrogen) atoms. The predicted molar refractivity (Wildman–Crippen MR) is 160 cm³/mol. The first-order valence-corrected chi connectivity index (χ1v) is 14.7. The van der Waals surface area contributed by atoms with Gasteiger partial charge in [0.1, 0.15) is 0 Å². The molecule has 7 nitrogen and oxygen atoms in total. The second-order valence-electron chi connectivity index (χ2n) is 10.8. The van der Waals surface area contributed by atoms with Crippen molar-refractivity contribution < 1.29 is 19.1 Å². The SMILES string of the molecule is COC(=O)c1cc(Cl)ccc1NC(=O)[C@H]1CCCC[C@@H]1C(=O)N1CCN(C(c2ccccc2)c2ccccc2)CC1. The minimum Gasteiger partial charge on any atom is -0.465 e. The number of carbonyl (C=O) groups is 3. The van der Waals surface area contributed by atoms with Crippen LogP contribution in [0.4, 0.5) is 5.69 Å². The van der Waals surface area contributed by atoms with Crippen molar-refractivity contribution >= 4 is 35.1 Å². The Morgan fingerprint density at radius 1 is 0.829 bits per heavy atom. The maximum absolute atomic E-state index is 13.8. The molecule has 0 radical (unpaired) electrons. The van der Waals surface area contributed by atoms with E-state index in [2.05, 4.69) is 58.7 Å². The lowest BCUT2D eigenvalue weighted by molar-refractivity contribution is -0.144. The molecule has 1 N–H and O–H groups in total. The van der Waals surface area contributed by atoms with Gasteiger partial charge in [0.05, 0.1) is 24.4 Å². The van der Waals surface area contributed by atoms with E-state index in [1.807, 2.05) is 17.0 Å². The lowest BCUT2D eigenvalue weighted by Gasteiger charge is -2.42. The number of hydrogen-bond acceptors (Lipinski definition) is 5. The topological polar surface area (TPSA) is 78.9 Å². The molecule has 1 aliphatic heterocycles. The molecule has 0 unspecified atom stereocenters. The summed E-state index contributed by atoms with van der Waals surface area (Å²) in [5.41, 5.74) is 2.99. The monoisotopic (exact) mass is 573 g/mol. The van der Waals surface area contributed by atoms with Crippen molar-refractivity contribution in [3.8, 4) is 0 Å². The number of piperazine rings is 1. The van der Waals surface area contributed by atoms with Crippen molar-refractivity contribution in [1.29, 1.82) is 0 Å². The quantitative estimate of drug-likeness (QED) is 0.361. The molecule has 2 amide bonds. The maximum atomic E-state index is 13.8. The summed E-state index contributed by atoms with van der Waals surface area (Å²) in [6, 6.07) is 25.8. The summed E-state index contributed by atoms with van der Waals surface area (Å²) in [6.45, 7) is 2.72. The van der Waals surface area contributed by atoms with Crippen LogP contribution in [0.25, 0.3) is 0 Å². The van der Waals surface area contributed by atoms with Crippen LogP contribution in [0.1, 0.15) is 53.2 Å². The molecule has 0 bridgehead atoms. The zero-order chi connectivity index (χ0) is 28.8. The molecule has 1 saturated heterocycles. The Balaban J connectivity index is 1.27. The number of anilines is 1. The van der Waals surface area contributed by atoms with Gasteiger partial charge in [-0.25, -0.2) is 4.79 Å². The summed E-state index contributed by atoms with van der Waals surface area (Å²) < 4.78 is 4.87. The number of hydrogen-bond donors (Lipinski definition) is 1. The molecule has 1 saturated carbocycles. The largest absolute Gasteiger partial charge is 0.465 e. The second-order valence-corrected chi connectivity index (χ2v) is 11.2. The third-order valence-corrected chi connectivity index (χ3v) is 8.52. The van der Waals surface area contributed by atoms with Crippen LogP contribution in [0.5, 0.6) is 0 Å². The zero-order valence-corrected chi connectivity index (χ0v) is 24.1. The summed E-state index contributed by atoms with van der Waals surface area (Å²) >= 11 is 6.08. The van der Waals surface area contributed by atoms with Crippen molar-refractivity contribution in [3.05, 3.63) is 101 Å². The lowest BCUT2D eigenvalue weighted by atomic mass is 9.77. The number of rotatable bonds is 7. The third-order valence-electron chi connectivity index (χ3n) is 8.29. The van der Waals surface area contributed by atoms with Gasteiger partial charge in [-0.15, -0.1) is 0 Å². The lowest BCUT2D eigenvalue weighted by Crippen LogP contribution is -2.53. The fraction of sp³-hybridized carbons (Fsp3) is 0.364. The van der Waals surface area contributed by atoms with Gasteiger partial charge >= 0.3 is 5.97 Å². The number of nitrogens with one attached hydrogen (secondary N) is 1. The summed E-state index contributed by atoms with van der Waals surface area (Å²) in [5.74, 6) is -1.63. The van der Waals surface area contributed by atoms with Crippen LogP contribution < -0.4 is 5.32 Å². The molecule has 2 atom stereocenters. The number of amides is 2. The van der Waals surface area contributed by atoms with Crippen molar-refractivity contribution in [3.63, 3.8) is 0 Å². The number of carbonyl (C=O) groups excluding carboxylic acids is 3. The zero-order valence-electron chi connectivity index (χ0n) is 23.3. The van der Waals surface area contributed by atoms with Crippen molar-refractivity contribution in [2.24, 2.45) is 11.8 Å². The summed E-state index contributed by atoms with van der Waals surface area (Å²) in [6.07, 6.45) is 3.11. The first-order chi connectivity index (χ1) is 20.0. The Morgan fingerprint density at radius 3 is 2.00 bits per heavy atom. The molecule has 2 aliphatic rings. The highest BCUT2D eigenvalue weighted by Crippen LogP contribution is 2.35. The van der Waals surface area contributed by atoms with Crippen molar-refractivity contribution in [2.45, 2.75) is 31.7 Å². The van der Waals surface area contributed by atoms with Gasteiger partial charge < -0.3 is 15.0 Å². The molecule has 214 valence electrons. The van der Waals surface area contributed by atoms with E-state index in [-0.39, 0.29) is 29.3 Å². The van der Waals surface area contributed by atoms with E-state index in [1.165, 1.54) is 24.3 Å². The van der Waals surface area contributed by atoms with E-state index in [1.54, 1.807) is 12.1 Å². The molecular weight excluding hydrogens is 538 g/mol. The highest BCUT2D eigenvalue weighted by molar-refractivity contribution is 6.31. The van der Waals surface area contributed by atoms with E-state index in [4.69, 9.17) is 16.3 Å². The number of nitrogens with zero attached hydrogens (tertiary/aromatic N) is 2. The van der Waals surface area contributed by atoms with Crippen LogP contribution in [-0.2, 0) is 14.3 Å². The second kappa shape index (κ2) is 13.3. The van der Waals surface area contributed by atoms with Gasteiger partial charge in [0.2, 0.25) is 11.8 Å². The summed E-state index contributed by atoms with van der Waals surface area (Å²) in [4.78, 5) is 44.0. The van der Waals surface area contributed by atoms with Gasteiger partial charge in [0.15, 0.2) is 0 Å². The molecule has 1 aliphatic carbocycles. The molecule has 3 aromatic rings. The molecule has 0 spiro atoms. The number of halogens is 1. The highest BCUT2D eigenvalue weighted by atomic mass is 35.5.